The van der Waals surface area contributed by atoms with Crippen molar-refractivity contribution < 1.29 is 10.0 Å². The molecule has 1 aromatic heterocycles. The van der Waals surface area contributed by atoms with Crippen molar-refractivity contribution in [2.24, 2.45) is 7.05 Å². The Morgan fingerprint density at radius 2 is 2.00 bits per heavy atom. The Bertz CT molecular complexity index is 546. The fourth-order valence-electron chi connectivity index (χ4n) is 1.90. The van der Waals surface area contributed by atoms with Crippen LogP contribution in [0, 0.1) is 10.1 Å². The predicted octanol–water partition coefficient (Wildman–Crippen LogP) is 2.21. The Morgan fingerprint density at radius 1 is 1.33 bits per heavy atom. The van der Waals surface area contributed by atoms with E-state index in [1.165, 1.54) is 12.1 Å². The molecule has 1 aromatic carbocycles. The molecule has 0 aliphatic heterocycles. The van der Waals surface area contributed by atoms with Crippen LogP contribution in [-0.2, 0) is 13.5 Å². The van der Waals surface area contributed by atoms with Crippen molar-refractivity contribution in [2.45, 2.75) is 12.5 Å². The normalized spacial score (nSPS) is 12.3. The van der Waals surface area contributed by atoms with E-state index in [1.807, 2.05) is 29.9 Å². The molecule has 0 saturated heterocycles. The van der Waals surface area contributed by atoms with Crippen LogP contribution in [0.15, 0.2) is 42.6 Å². The molecule has 1 unspecified atom stereocenters. The third-order valence-corrected chi connectivity index (χ3v) is 2.90. The molecule has 0 fully saturated rings. The minimum Gasteiger partial charge on any atom is -0.387 e. The van der Waals surface area contributed by atoms with Crippen LogP contribution in [-0.4, -0.2) is 14.6 Å². The minimum atomic E-state index is -0.605. The molecule has 0 bridgehead atoms. The number of hydrogen-bond donors (Lipinski definition) is 1. The summed E-state index contributed by atoms with van der Waals surface area (Å²) in [4.78, 5) is 10.1. The monoisotopic (exact) mass is 246 g/mol. The fourth-order valence-corrected chi connectivity index (χ4v) is 1.90. The molecule has 5 heteroatoms. The van der Waals surface area contributed by atoms with Gasteiger partial charge in [0.15, 0.2) is 0 Å². The molecular formula is C13H14N2O3. The van der Waals surface area contributed by atoms with Gasteiger partial charge in [0.05, 0.1) is 11.0 Å². The molecule has 1 atom stereocenters. The average molecular weight is 246 g/mol. The van der Waals surface area contributed by atoms with Crippen molar-refractivity contribution in [3.05, 3.63) is 64.0 Å². The number of aromatic nitrogens is 1. The van der Waals surface area contributed by atoms with Crippen LogP contribution in [0.3, 0.4) is 0 Å². The third-order valence-electron chi connectivity index (χ3n) is 2.90. The number of nitrogens with zero attached hydrogens (tertiary/aromatic N) is 2. The van der Waals surface area contributed by atoms with Crippen LogP contribution in [0.2, 0.25) is 0 Å². The van der Waals surface area contributed by atoms with Crippen LogP contribution in [0.25, 0.3) is 0 Å². The van der Waals surface area contributed by atoms with Gasteiger partial charge < -0.3 is 9.67 Å². The van der Waals surface area contributed by atoms with Crippen molar-refractivity contribution in [2.75, 3.05) is 0 Å². The number of aliphatic hydroxyl groups excluding tert-OH is 1. The van der Waals surface area contributed by atoms with Gasteiger partial charge in [-0.05, 0) is 17.7 Å². The van der Waals surface area contributed by atoms with Gasteiger partial charge in [-0.2, -0.15) is 0 Å². The van der Waals surface area contributed by atoms with E-state index < -0.39 is 11.0 Å². The zero-order valence-electron chi connectivity index (χ0n) is 9.98. The summed E-state index contributed by atoms with van der Waals surface area (Å²) < 4.78 is 1.86. The molecule has 0 saturated carbocycles. The molecule has 2 aromatic rings. The number of non-ortho nitro benzene ring substituents is 1. The first kappa shape index (κ1) is 12.3. The molecule has 5 nitrogen and oxygen atoms in total. The SMILES string of the molecule is Cn1cccc1C(O)Cc1ccc([N+](=O)[O-])cc1. The van der Waals surface area contributed by atoms with Gasteiger partial charge in [0.2, 0.25) is 0 Å². The molecule has 0 spiro atoms. The quantitative estimate of drug-likeness (QED) is 0.664. The fraction of sp³-hybridized carbons (Fsp3) is 0.231. The maximum atomic E-state index is 10.5. The van der Waals surface area contributed by atoms with Crippen molar-refractivity contribution in [3.63, 3.8) is 0 Å². The van der Waals surface area contributed by atoms with E-state index in [-0.39, 0.29) is 5.69 Å². The molecule has 1 N–H and O–H groups in total. The third kappa shape index (κ3) is 2.57. The number of nitro benzene ring substituents is 1. The predicted molar refractivity (Wildman–Crippen MR) is 67.2 cm³/mol. The average Bonchev–Trinajstić information content (AvgIpc) is 2.76. The van der Waals surface area contributed by atoms with Crippen LogP contribution >= 0.6 is 0 Å². The highest BCUT2D eigenvalue weighted by Crippen LogP contribution is 2.20. The van der Waals surface area contributed by atoms with Crippen molar-refractivity contribution in [3.8, 4) is 0 Å². The van der Waals surface area contributed by atoms with Crippen LogP contribution in [0.4, 0.5) is 5.69 Å². The second kappa shape index (κ2) is 5.01. The zero-order chi connectivity index (χ0) is 13.1. The molecule has 0 aliphatic rings. The lowest BCUT2D eigenvalue weighted by molar-refractivity contribution is -0.384. The molecule has 94 valence electrons. The van der Waals surface area contributed by atoms with Gasteiger partial charge in [-0.3, -0.25) is 10.1 Å². The second-order valence-corrected chi connectivity index (χ2v) is 4.19. The van der Waals surface area contributed by atoms with Crippen molar-refractivity contribution in [1.29, 1.82) is 0 Å². The van der Waals surface area contributed by atoms with Crippen LogP contribution < -0.4 is 0 Å². The Kier molecular flexibility index (Phi) is 3.43. The molecule has 2 rings (SSSR count). The van der Waals surface area contributed by atoms with E-state index in [9.17, 15) is 15.2 Å². The summed E-state index contributed by atoms with van der Waals surface area (Å²) >= 11 is 0. The van der Waals surface area contributed by atoms with Crippen molar-refractivity contribution >= 4 is 5.69 Å². The van der Waals surface area contributed by atoms with Gasteiger partial charge in [0.1, 0.15) is 0 Å². The summed E-state index contributed by atoms with van der Waals surface area (Å²) in [5, 5.41) is 20.6. The smallest absolute Gasteiger partial charge is 0.269 e. The first-order valence-corrected chi connectivity index (χ1v) is 5.60. The van der Waals surface area contributed by atoms with E-state index in [0.29, 0.717) is 6.42 Å². The lowest BCUT2D eigenvalue weighted by atomic mass is 10.1. The van der Waals surface area contributed by atoms with Gasteiger partial charge in [0, 0.05) is 37.5 Å². The van der Waals surface area contributed by atoms with Crippen LogP contribution in [0.5, 0.6) is 0 Å². The van der Waals surface area contributed by atoms with E-state index in [2.05, 4.69) is 0 Å². The highest BCUT2D eigenvalue weighted by Gasteiger charge is 2.12. The van der Waals surface area contributed by atoms with E-state index in [1.54, 1.807) is 12.1 Å². The zero-order valence-corrected chi connectivity index (χ0v) is 9.98. The summed E-state index contributed by atoms with van der Waals surface area (Å²) in [7, 11) is 1.87. The summed E-state index contributed by atoms with van der Waals surface area (Å²) in [5.41, 5.74) is 1.76. The highest BCUT2D eigenvalue weighted by molar-refractivity contribution is 5.33. The first-order chi connectivity index (χ1) is 8.58. The number of nitro groups is 1. The van der Waals surface area contributed by atoms with Gasteiger partial charge in [-0.25, -0.2) is 0 Å². The topological polar surface area (TPSA) is 68.3 Å². The molecule has 1 heterocycles. The van der Waals surface area contributed by atoms with Gasteiger partial charge in [-0.15, -0.1) is 0 Å². The summed E-state index contributed by atoms with van der Waals surface area (Å²) in [6.45, 7) is 0. The standard InChI is InChI=1S/C13H14N2O3/c1-14-8-2-3-12(14)13(16)9-10-4-6-11(7-5-10)15(17)18/h2-8,13,16H,9H2,1H3. The van der Waals surface area contributed by atoms with Crippen LogP contribution in [0.1, 0.15) is 17.4 Å². The Balaban J connectivity index is 2.10. The number of benzene rings is 1. The summed E-state index contributed by atoms with van der Waals surface area (Å²) in [6, 6.07) is 9.97. The van der Waals surface area contributed by atoms with E-state index in [0.717, 1.165) is 11.3 Å². The Labute approximate surface area is 104 Å². The molecule has 18 heavy (non-hydrogen) atoms. The lowest BCUT2D eigenvalue weighted by Crippen LogP contribution is -2.06. The minimum absolute atomic E-state index is 0.0621. The van der Waals surface area contributed by atoms with Gasteiger partial charge in [-0.1, -0.05) is 12.1 Å². The maximum Gasteiger partial charge on any atom is 0.269 e. The Morgan fingerprint density at radius 3 is 2.50 bits per heavy atom. The maximum absolute atomic E-state index is 10.5. The second-order valence-electron chi connectivity index (χ2n) is 4.19. The molecular weight excluding hydrogens is 232 g/mol. The largest absolute Gasteiger partial charge is 0.387 e. The van der Waals surface area contributed by atoms with Gasteiger partial charge >= 0.3 is 0 Å². The number of rotatable bonds is 4. The molecule has 0 amide bonds. The lowest BCUT2D eigenvalue weighted by Gasteiger charge is -2.11. The first-order valence-electron chi connectivity index (χ1n) is 5.60. The van der Waals surface area contributed by atoms with Gasteiger partial charge in [0.25, 0.3) is 5.69 Å². The summed E-state index contributed by atoms with van der Waals surface area (Å²) in [5.74, 6) is 0. The molecule has 0 aliphatic carbocycles. The molecule has 0 radical (unpaired) electrons. The Hall–Kier alpha value is -2.14. The highest BCUT2D eigenvalue weighted by atomic mass is 16.6. The number of aliphatic hydroxyl groups is 1. The number of hydrogen-bond acceptors (Lipinski definition) is 3. The van der Waals surface area contributed by atoms with E-state index in [4.69, 9.17) is 0 Å². The summed E-state index contributed by atoms with van der Waals surface area (Å²) in [6.07, 6.45) is 1.70. The number of aryl methyl sites for hydroxylation is 1. The van der Waals surface area contributed by atoms with E-state index >= 15 is 0 Å². The van der Waals surface area contributed by atoms with Crippen molar-refractivity contribution in [1.82, 2.24) is 4.57 Å².